The molecule has 1 aromatic heterocycles. The van der Waals surface area contributed by atoms with Crippen molar-refractivity contribution in [2.24, 2.45) is 0 Å². The molecule has 3 aromatic rings. The van der Waals surface area contributed by atoms with E-state index in [0.29, 0.717) is 4.73 Å². The average molecular weight is 365 g/mol. The Kier molecular flexibility index (Phi) is 4.27. The van der Waals surface area contributed by atoms with E-state index in [-0.39, 0.29) is 33.7 Å². The third-order valence-corrected chi connectivity index (χ3v) is 4.00. The fourth-order valence-corrected chi connectivity index (χ4v) is 2.78. The Hall–Kier alpha value is -3.16. The van der Waals surface area contributed by atoms with Gasteiger partial charge in [-0.05, 0) is 12.1 Å². The van der Waals surface area contributed by atoms with Crippen molar-refractivity contribution >= 4 is 10.9 Å². The molecular weight excluding hydrogens is 351 g/mol. The van der Waals surface area contributed by atoms with Crippen LogP contribution in [0.25, 0.3) is 22.2 Å². The van der Waals surface area contributed by atoms with Crippen molar-refractivity contribution in [1.82, 2.24) is 4.73 Å². The normalized spacial score (nSPS) is 11.6. The van der Waals surface area contributed by atoms with Gasteiger partial charge in [0.05, 0.1) is 36.4 Å². The molecule has 0 radical (unpaired) electrons. The standard InChI is InChI=1S/C18H14F3NO4/c1-25-16-7-11-14(9-17(16)26-2)22(24)13(8-15(11)23)10-5-3-4-6-12(10)18(19,20)21/h3-9,24H,1-2H3. The lowest BCUT2D eigenvalue weighted by Gasteiger charge is -2.17. The first kappa shape index (κ1) is 17.7. The Bertz CT molecular complexity index is 1040. The number of rotatable bonds is 3. The van der Waals surface area contributed by atoms with Gasteiger partial charge in [-0.3, -0.25) is 4.79 Å². The summed E-state index contributed by atoms with van der Waals surface area (Å²) in [6.45, 7) is 0. The van der Waals surface area contributed by atoms with Gasteiger partial charge >= 0.3 is 6.18 Å². The third kappa shape index (κ3) is 2.83. The Balaban J connectivity index is 2.37. The van der Waals surface area contributed by atoms with Crippen LogP contribution in [0.1, 0.15) is 5.56 Å². The summed E-state index contributed by atoms with van der Waals surface area (Å²) in [6, 6.07) is 8.36. The van der Waals surface area contributed by atoms with Gasteiger partial charge in [0.25, 0.3) is 0 Å². The average Bonchev–Trinajstić information content (AvgIpc) is 2.62. The molecule has 1 N–H and O–H groups in total. The first-order valence-electron chi connectivity index (χ1n) is 7.45. The highest BCUT2D eigenvalue weighted by atomic mass is 19.4. The molecule has 0 saturated carbocycles. The summed E-state index contributed by atoms with van der Waals surface area (Å²) in [6.07, 6.45) is -4.64. The number of hydrogen-bond acceptors (Lipinski definition) is 4. The minimum absolute atomic E-state index is 0.00197. The lowest BCUT2D eigenvalue weighted by Crippen LogP contribution is -2.13. The smallest absolute Gasteiger partial charge is 0.417 e. The molecule has 0 aliphatic heterocycles. The van der Waals surface area contributed by atoms with Crippen LogP contribution in [0.3, 0.4) is 0 Å². The third-order valence-electron chi connectivity index (χ3n) is 4.00. The van der Waals surface area contributed by atoms with E-state index in [9.17, 15) is 23.2 Å². The van der Waals surface area contributed by atoms with Crippen molar-refractivity contribution in [2.75, 3.05) is 14.2 Å². The van der Waals surface area contributed by atoms with Gasteiger partial charge in [0.15, 0.2) is 16.9 Å². The van der Waals surface area contributed by atoms with Gasteiger partial charge in [-0.15, -0.1) is 0 Å². The molecule has 0 unspecified atom stereocenters. The highest BCUT2D eigenvalue weighted by Crippen LogP contribution is 2.38. The molecule has 26 heavy (non-hydrogen) atoms. The molecule has 0 fully saturated rings. The second-order valence-corrected chi connectivity index (χ2v) is 5.47. The fraction of sp³-hybridized carbons (Fsp3) is 0.167. The van der Waals surface area contributed by atoms with Crippen LogP contribution in [0.4, 0.5) is 13.2 Å². The summed E-state index contributed by atoms with van der Waals surface area (Å²) in [5.74, 6) is 0.490. The van der Waals surface area contributed by atoms with Crippen molar-refractivity contribution in [3.8, 4) is 22.8 Å². The van der Waals surface area contributed by atoms with Crippen LogP contribution in [-0.4, -0.2) is 24.2 Å². The van der Waals surface area contributed by atoms with Gasteiger partial charge in [-0.2, -0.15) is 17.9 Å². The molecule has 3 rings (SSSR count). The molecule has 0 atom stereocenters. The van der Waals surface area contributed by atoms with Crippen LogP contribution in [0.2, 0.25) is 0 Å². The number of fused-ring (bicyclic) bond motifs is 1. The molecule has 0 amide bonds. The summed E-state index contributed by atoms with van der Waals surface area (Å²) < 4.78 is 50.7. The minimum Gasteiger partial charge on any atom is -0.493 e. The largest absolute Gasteiger partial charge is 0.493 e. The molecule has 0 aliphatic carbocycles. The van der Waals surface area contributed by atoms with Crippen molar-refractivity contribution in [2.45, 2.75) is 6.18 Å². The lowest BCUT2D eigenvalue weighted by molar-refractivity contribution is -0.137. The summed E-state index contributed by atoms with van der Waals surface area (Å²) in [4.78, 5) is 12.5. The Morgan fingerprint density at radius 3 is 2.23 bits per heavy atom. The number of methoxy groups -OCH3 is 2. The van der Waals surface area contributed by atoms with E-state index in [1.165, 1.54) is 44.6 Å². The molecule has 2 aromatic carbocycles. The molecule has 0 aliphatic rings. The second kappa shape index (κ2) is 6.29. The van der Waals surface area contributed by atoms with Gasteiger partial charge in [-0.1, -0.05) is 18.2 Å². The Labute approximate surface area is 145 Å². The molecule has 0 spiro atoms. The topological polar surface area (TPSA) is 60.7 Å². The molecule has 1 heterocycles. The van der Waals surface area contributed by atoms with E-state index in [4.69, 9.17) is 9.47 Å². The highest BCUT2D eigenvalue weighted by Gasteiger charge is 2.34. The highest BCUT2D eigenvalue weighted by molar-refractivity contribution is 5.86. The van der Waals surface area contributed by atoms with E-state index < -0.39 is 17.2 Å². The fourth-order valence-electron chi connectivity index (χ4n) is 2.78. The maximum atomic E-state index is 13.3. The molecule has 136 valence electrons. The number of ether oxygens (including phenoxy) is 2. The van der Waals surface area contributed by atoms with Crippen LogP contribution in [-0.2, 0) is 6.18 Å². The van der Waals surface area contributed by atoms with Gasteiger partial charge in [0.1, 0.15) is 0 Å². The molecule has 0 bridgehead atoms. The lowest BCUT2D eigenvalue weighted by atomic mass is 10.0. The van der Waals surface area contributed by atoms with Crippen LogP contribution >= 0.6 is 0 Å². The van der Waals surface area contributed by atoms with Crippen LogP contribution in [0.15, 0.2) is 47.3 Å². The van der Waals surface area contributed by atoms with Crippen molar-refractivity contribution in [3.63, 3.8) is 0 Å². The van der Waals surface area contributed by atoms with Crippen molar-refractivity contribution in [1.29, 1.82) is 0 Å². The molecular formula is C18H14F3NO4. The summed E-state index contributed by atoms with van der Waals surface area (Å²) in [5.41, 5.74) is -2.10. The van der Waals surface area contributed by atoms with Gasteiger partial charge in [-0.25, -0.2) is 0 Å². The predicted octanol–water partition coefficient (Wildman–Crippen LogP) is 3.94. The quantitative estimate of drug-likeness (QED) is 0.714. The minimum atomic E-state index is -4.64. The monoisotopic (exact) mass is 365 g/mol. The first-order valence-corrected chi connectivity index (χ1v) is 7.45. The summed E-state index contributed by atoms with van der Waals surface area (Å²) in [7, 11) is 2.75. The van der Waals surface area contributed by atoms with Crippen LogP contribution < -0.4 is 14.9 Å². The van der Waals surface area contributed by atoms with E-state index in [2.05, 4.69) is 0 Å². The number of hydrogen-bond donors (Lipinski definition) is 1. The van der Waals surface area contributed by atoms with E-state index in [1.54, 1.807) is 0 Å². The molecule has 5 nitrogen and oxygen atoms in total. The predicted molar refractivity (Wildman–Crippen MR) is 88.9 cm³/mol. The number of halogens is 3. The van der Waals surface area contributed by atoms with Gasteiger partial charge in [0, 0.05) is 17.7 Å². The number of nitrogens with zero attached hydrogens (tertiary/aromatic N) is 1. The zero-order valence-electron chi connectivity index (χ0n) is 13.8. The number of benzene rings is 2. The number of pyridine rings is 1. The zero-order chi connectivity index (χ0) is 19.1. The van der Waals surface area contributed by atoms with Crippen LogP contribution in [0.5, 0.6) is 11.5 Å². The van der Waals surface area contributed by atoms with Crippen LogP contribution in [0, 0.1) is 0 Å². The Morgan fingerprint density at radius 2 is 1.62 bits per heavy atom. The number of aromatic nitrogens is 1. The first-order chi connectivity index (χ1) is 12.3. The van der Waals surface area contributed by atoms with Crippen molar-refractivity contribution in [3.05, 3.63) is 58.3 Å². The van der Waals surface area contributed by atoms with E-state index >= 15 is 0 Å². The summed E-state index contributed by atoms with van der Waals surface area (Å²) in [5, 5.41) is 10.6. The summed E-state index contributed by atoms with van der Waals surface area (Å²) >= 11 is 0. The second-order valence-electron chi connectivity index (χ2n) is 5.47. The Morgan fingerprint density at radius 1 is 1.00 bits per heavy atom. The maximum Gasteiger partial charge on any atom is 0.417 e. The number of alkyl halides is 3. The van der Waals surface area contributed by atoms with E-state index in [1.807, 2.05) is 0 Å². The SMILES string of the molecule is COc1cc2c(=O)cc(-c3ccccc3C(F)(F)F)n(O)c2cc1OC. The van der Waals surface area contributed by atoms with E-state index in [0.717, 1.165) is 12.1 Å². The zero-order valence-corrected chi connectivity index (χ0v) is 13.8. The molecule has 8 heteroatoms. The molecule has 0 saturated heterocycles. The van der Waals surface area contributed by atoms with Crippen molar-refractivity contribution < 1.29 is 27.9 Å². The van der Waals surface area contributed by atoms with Gasteiger partial charge < -0.3 is 14.7 Å². The maximum absolute atomic E-state index is 13.3. The van der Waals surface area contributed by atoms with Gasteiger partial charge in [0.2, 0.25) is 0 Å².